The lowest BCUT2D eigenvalue weighted by molar-refractivity contribution is -0.132. The number of likely N-dealkylation sites (N-methyl/N-ethyl adjacent to an activating group) is 2. The molecule has 0 bridgehead atoms. The van der Waals surface area contributed by atoms with Crippen molar-refractivity contribution in [2.75, 3.05) is 27.2 Å². The third-order valence-electron chi connectivity index (χ3n) is 3.58. The summed E-state index contributed by atoms with van der Waals surface area (Å²) in [6.45, 7) is 1.44. The maximum Gasteiger partial charge on any atom is 0.233 e. The van der Waals surface area contributed by atoms with Crippen molar-refractivity contribution in [3.8, 4) is 0 Å². The largest absolute Gasteiger partial charge is 0.344 e. The summed E-state index contributed by atoms with van der Waals surface area (Å²) < 4.78 is 13.3. The third-order valence-corrected chi connectivity index (χ3v) is 3.58. The number of amides is 1. The van der Waals surface area contributed by atoms with Crippen molar-refractivity contribution in [2.45, 2.75) is 18.3 Å². The lowest BCUT2D eigenvalue weighted by Gasteiger charge is -2.23. The number of carbonyl (C=O) groups is 1. The summed E-state index contributed by atoms with van der Waals surface area (Å²) in [6, 6.07) is 6.41. The molecule has 0 atom stereocenters. The van der Waals surface area contributed by atoms with Crippen LogP contribution in [0.4, 0.5) is 4.39 Å². The van der Waals surface area contributed by atoms with E-state index in [-0.39, 0.29) is 11.7 Å². The Labute approximate surface area is 107 Å². The van der Waals surface area contributed by atoms with Gasteiger partial charge in [0.15, 0.2) is 0 Å². The molecule has 0 heterocycles. The predicted octanol–water partition coefficient (Wildman–Crippen LogP) is 1.54. The van der Waals surface area contributed by atoms with E-state index in [9.17, 15) is 9.18 Å². The fraction of sp³-hybridized carbons (Fsp3) is 0.500. The topological polar surface area (TPSA) is 32.3 Å². The molecule has 4 heteroatoms. The van der Waals surface area contributed by atoms with Crippen molar-refractivity contribution in [3.63, 3.8) is 0 Å². The van der Waals surface area contributed by atoms with Crippen molar-refractivity contribution in [1.29, 1.82) is 0 Å². The molecule has 0 radical (unpaired) electrons. The first-order chi connectivity index (χ1) is 8.60. The Morgan fingerprint density at radius 2 is 2.22 bits per heavy atom. The summed E-state index contributed by atoms with van der Waals surface area (Å²) in [4.78, 5) is 14.2. The summed E-state index contributed by atoms with van der Waals surface area (Å²) >= 11 is 0. The first-order valence-corrected chi connectivity index (χ1v) is 6.26. The van der Waals surface area contributed by atoms with Crippen LogP contribution >= 0.6 is 0 Å². The molecule has 0 aliphatic heterocycles. The van der Waals surface area contributed by atoms with Gasteiger partial charge in [0, 0.05) is 20.1 Å². The number of nitrogens with zero attached hydrogens (tertiary/aromatic N) is 1. The highest BCUT2D eigenvalue weighted by Crippen LogP contribution is 2.49. The lowest BCUT2D eigenvalue weighted by Crippen LogP contribution is -2.39. The number of halogens is 1. The molecule has 18 heavy (non-hydrogen) atoms. The van der Waals surface area contributed by atoms with Crippen LogP contribution in [0.2, 0.25) is 0 Å². The van der Waals surface area contributed by atoms with Gasteiger partial charge in [-0.3, -0.25) is 4.79 Å². The van der Waals surface area contributed by atoms with Gasteiger partial charge in [-0.05, 0) is 37.6 Å². The molecule has 3 nitrogen and oxygen atoms in total. The molecule has 1 aromatic carbocycles. The van der Waals surface area contributed by atoms with Crippen molar-refractivity contribution in [2.24, 2.45) is 0 Å². The predicted molar refractivity (Wildman–Crippen MR) is 68.9 cm³/mol. The minimum absolute atomic E-state index is 0.100. The van der Waals surface area contributed by atoms with Crippen molar-refractivity contribution < 1.29 is 9.18 Å². The summed E-state index contributed by atoms with van der Waals surface area (Å²) in [5.74, 6) is -0.173. The molecule has 0 aromatic heterocycles. The van der Waals surface area contributed by atoms with E-state index in [2.05, 4.69) is 5.32 Å². The molecular formula is C14H19FN2O. The van der Waals surface area contributed by atoms with Crippen LogP contribution in [0.25, 0.3) is 0 Å². The zero-order chi connectivity index (χ0) is 13.2. The van der Waals surface area contributed by atoms with Crippen LogP contribution in [0.1, 0.15) is 18.4 Å². The minimum atomic E-state index is -0.468. The summed E-state index contributed by atoms with van der Waals surface area (Å²) in [7, 11) is 3.66. The maximum atomic E-state index is 13.3. The van der Waals surface area contributed by atoms with E-state index in [1.165, 1.54) is 12.1 Å². The van der Waals surface area contributed by atoms with Crippen LogP contribution in [0.15, 0.2) is 24.3 Å². The smallest absolute Gasteiger partial charge is 0.233 e. The van der Waals surface area contributed by atoms with Gasteiger partial charge in [0.1, 0.15) is 5.82 Å². The number of carbonyl (C=O) groups excluding carboxylic acids is 1. The molecule has 0 unspecified atom stereocenters. The van der Waals surface area contributed by atoms with E-state index in [0.717, 1.165) is 24.9 Å². The lowest BCUT2D eigenvalue weighted by atomic mass is 9.94. The van der Waals surface area contributed by atoms with E-state index in [1.54, 1.807) is 18.0 Å². The van der Waals surface area contributed by atoms with Crippen molar-refractivity contribution in [3.05, 3.63) is 35.6 Å². The second-order valence-electron chi connectivity index (χ2n) is 4.92. The van der Waals surface area contributed by atoms with E-state index in [0.29, 0.717) is 6.54 Å². The molecule has 1 N–H and O–H groups in total. The van der Waals surface area contributed by atoms with Gasteiger partial charge in [0.05, 0.1) is 5.41 Å². The van der Waals surface area contributed by atoms with Gasteiger partial charge in [-0.15, -0.1) is 0 Å². The molecule has 1 aliphatic rings. The number of hydrogen-bond donors (Lipinski definition) is 1. The molecule has 0 saturated heterocycles. The monoisotopic (exact) mass is 250 g/mol. The molecule has 1 aliphatic carbocycles. The minimum Gasteiger partial charge on any atom is -0.344 e. The van der Waals surface area contributed by atoms with Crippen LogP contribution in [-0.4, -0.2) is 38.0 Å². The van der Waals surface area contributed by atoms with Crippen LogP contribution in [0, 0.1) is 5.82 Å². The van der Waals surface area contributed by atoms with E-state index >= 15 is 0 Å². The Morgan fingerprint density at radius 1 is 1.50 bits per heavy atom. The Bertz CT molecular complexity index is 443. The van der Waals surface area contributed by atoms with Gasteiger partial charge >= 0.3 is 0 Å². The van der Waals surface area contributed by atoms with Gasteiger partial charge < -0.3 is 10.2 Å². The molecule has 0 spiro atoms. The molecular weight excluding hydrogens is 231 g/mol. The standard InChI is InChI=1S/C14H19FN2O/c1-16-8-9-17(2)13(18)14(6-7-14)11-4-3-5-12(15)10-11/h3-5,10,16H,6-9H2,1-2H3. The first kappa shape index (κ1) is 13.0. The van der Waals surface area contributed by atoms with E-state index in [4.69, 9.17) is 0 Å². The molecule has 1 fully saturated rings. The maximum absolute atomic E-state index is 13.3. The van der Waals surface area contributed by atoms with Gasteiger partial charge in [-0.25, -0.2) is 4.39 Å². The van der Waals surface area contributed by atoms with Gasteiger partial charge in [-0.2, -0.15) is 0 Å². The summed E-state index contributed by atoms with van der Waals surface area (Å²) in [5.41, 5.74) is 0.341. The average molecular weight is 250 g/mol. The van der Waals surface area contributed by atoms with Crippen molar-refractivity contribution in [1.82, 2.24) is 10.2 Å². The number of hydrogen-bond acceptors (Lipinski definition) is 2. The summed E-state index contributed by atoms with van der Waals surface area (Å²) in [5, 5.41) is 3.02. The molecule has 2 rings (SSSR count). The number of rotatable bonds is 5. The normalized spacial score (nSPS) is 16.4. The SMILES string of the molecule is CNCCN(C)C(=O)C1(c2cccc(F)c2)CC1. The Balaban J connectivity index is 2.14. The molecule has 1 aromatic rings. The molecule has 1 saturated carbocycles. The Morgan fingerprint density at radius 3 is 2.78 bits per heavy atom. The van der Waals surface area contributed by atoms with Gasteiger partial charge in [0.25, 0.3) is 0 Å². The van der Waals surface area contributed by atoms with Gasteiger partial charge in [-0.1, -0.05) is 12.1 Å². The van der Waals surface area contributed by atoms with Crippen LogP contribution in [0.5, 0.6) is 0 Å². The number of nitrogens with one attached hydrogen (secondary N) is 1. The summed E-state index contributed by atoms with van der Waals surface area (Å²) in [6.07, 6.45) is 1.64. The molecule has 98 valence electrons. The Hall–Kier alpha value is -1.42. The highest BCUT2D eigenvalue weighted by molar-refractivity contribution is 5.91. The third kappa shape index (κ3) is 2.38. The van der Waals surface area contributed by atoms with Crippen LogP contribution in [0.3, 0.4) is 0 Å². The second kappa shape index (κ2) is 5.06. The highest BCUT2D eigenvalue weighted by atomic mass is 19.1. The zero-order valence-corrected chi connectivity index (χ0v) is 10.9. The quantitative estimate of drug-likeness (QED) is 0.859. The fourth-order valence-corrected chi connectivity index (χ4v) is 2.28. The number of benzene rings is 1. The zero-order valence-electron chi connectivity index (χ0n) is 10.9. The van der Waals surface area contributed by atoms with Crippen LogP contribution < -0.4 is 5.32 Å². The fourth-order valence-electron chi connectivity index (χ4n) is 2.28. The Kier molecular flexibility index (Phi) is 3.66. The molecule has 1 amide bonds. The average Bonchev–Trinajstić information content (AvgIpc) is 3.16. The van der Waals surface area contributed by atoms with Crippen molar-refractivity contribution >= 4 is 5.91 Å². The first-order valence-electron chi connectivity index (χ1n) is 6.26. The highest BCUT2D eigenvalue weighted by Gasteiger charge is 2.52. The van der Waals surface area contributed by atoms with E-state index in [1.807, 2.05) is 13.1 Å². The van der Waals surface area contributed by atoms with Gasteiger partial charge in [0.2, 0.25) is 5.91 Å². The van der Waals surface area contributed by atoms with Crippen LogP contribution in [-0.2, 0) is 10.2 Å². The van der Waals surface area contributed by atoms with E-state index < -0.39 is 5.41 Å². The second-order valence-corrected chi connectivity index (χ2v) is 4.92.